The topological polar surface area (TPSA) is 95.6 Å². The van der Waals surface area contributed by atoms with Gasteiger partial charge in [0.25, 0.3) is 0 Å². The van der Waals surface area contributed by atoms with Crippen molar-refractivity contribution in [2.75, 3.05) is 23.7 Å². The van der Waals surface area contributed by atoms with Gasteiger partial charge in [0.05, 0.1) is 4.90 Å². The molecule has 0 fully saturated rings. The van der Waals surface area contributed by atoms with E-state index in [9.17, 15) is 18.0 Å². The third kappa shape index (κ3) is 5.02. The lowest BCUT2D eigenvalue weighted by atomic mass is 9.89. The summed E-state index contributed by atoms with van der Waals surface area (Å²) in [6, 6.07) is 10.8. The van der Waals surface area contributed by atoms with Crippen molar-refractivity contribution < 1.29 is 18.0 Å². The molecule has 0 bridgehead atoms. The van der Waals surface area contributed by atoms with E-state index in [1.165, 1.54) is 10.4 Å². The Bertz CT molecular complexity index is 1120. The Morgan fingerprint density at radius 1 is 1.16 bits per heavy atom. The number of fused-ring (bicyclic) bond motifs is 1. The third-order valence-corrected chi connectivity index (χ3v) is 8.12. The molecular formula is C24H31N3O4S. The number of rotatable bonds is 8. The van der Waals surface area contributed by atoms with E-state index in [2.05, 4.69) is 10.6 Å². The Morgan fingerprint density at radius 3 is 2.53 bits per heavy atom. The number of sulfonamides is 1. The second-order valence-corrected chi connectivity index (χ2v) is 10.1. The van der Waals surface area contributed by atoms with Crippen molar-refractivity contribution in [3.8, 4) is 0 Å². The molecule has 3 rings (SSSR count). The number of nitrogens with one attached hydrogen (secondary N) is 2. The Hall–Kier alpha value is -2.71. The second kappa shape index (κ2) is 9.83. The van der Waals surface area contributed by atoms with Gasteiger partial charge in [0.2, 0.25) is 21.8 Å². The molecule has 1 heterocycles. The van der Waals surface area contributed by atoms with Crippen LogP contribution >= 0.6 is 0 Å². The van der Waals surface area contributed by atoms with E-state index >= 15 is 0 Å². The summed E-state index contributed by atoms with van der Waals surface area (Å²) in [5.41, 5.74) is 3.99. The summed E-state index contributed by atoms with van der Waals surface area (Å²) in [6.07, 6.45) is 1.19. The van der Waals surface area contributed by atoms with E-state index in [-0.39, 0.29) is 29.0 Å². The van der Waals surface area contributed by atoms with Crippen molar-refractivity contribution in [1.29, 1.82) is 0 Å². The van der Waals surface area contributed by atoms with Crippen LogP contribution in [0.15, 0.2) is 41.3 Å². The molecule has 0 saturated carbocycles. The second-order valence-electron chi connectivity index (χ2n) is 8.14. The number of para-hydroxylation sites is 1. The van der Waals surface area contributed by atoms with Crippen LogP contribution in [0.1, 0.15) is 43.4 Å². The van der Waals surface area contributed by atoms with Gasteiger partial charge in [-0.1, -0.05) is 32.0 Å². The van der Waals surface area contributed by atoms with Gasteiger partial charge in [-0.15, -0.1) is 0 Å². The number of aryl methyl sites for hydroxylation is 1. The summed E-state index contributed by atoms with van der Waals surface area (Å²) in [6.45, 7) is 8.02. The standard InChI is InChI=1S/C24H31N3O4S/c1-5-27(6-2)32(30,31)20-13-16(3)17(4)22(15-20)25-23(28)12-11-19-14-18-9-7-8-10-21(18)26-24(19)29/h7-10,13,15,19H,5-6,11-12,14H2,1-4H3,(H,25,28)(H,26,29). The van der Waals surface area contributed by atoms with Crippen LogP contribution in [0.4, 0.5) is 11.4 Å². The Balaban J connectivity index is 1.71. The monoisotopic (exact) mass is 457 g/mol. The number of hydrogen-bond donors (Lipinski definition) is 2. The Labute approximate surface area is 190 Å². The molecule has 1 unspecified atom stereocenters. The summed E-state index contributed by atoms with van der Waals surface area (Å²) in [5, 5.41) is 5.76. The first-order valence-corrected chi connectivity index (χ1v) is 12.4. The molecule has 1 atom stereocenters. The molecule has 2 aromatic carbocycles. The zero-order valence-corrected chi connectivity index (χ0v) is 19.9. The van der Waals surface area contributed by atoms with Crippen molar-refractivity contribution in [1.82, 2.24) is 4.31 Å². The van der Waals surface area contributed by atoms with Crippen LogP contribution in [0.5, 0.6) is 0 Å². The minimum Gasteiger partial charge on any atom is -0.326 e. The van der Waals surface area contributed by atoms with Gasteiger partial charge in [-0.05, 0) is 61.6 Å². The molecule has 1 aliphatic rings. The fraction of sp³-hybridized carbons (Fsp3) is 0.417. The number of benzene rings is 2. The van der Waals surface area contributed by atoms with Crippen molar-refractivity contribution in [2.24, 2.45) is 5.92 Å². The quantitative estimate of drug-likeness (QED) is 0.629. The van der Waals surface area contributed by atoms with Gasteiger partial charge >= 0.3 is 0 Å². The molecule has 1 aliphatic heterocycles. The first-order chi connectivity index (χ1) is 15.2. The summed E-state index contributed by atoms with van der Waals surface area (Å²) in [7, 11) is -3.63. The number of nitrogens with zero attached hydrogens (tertiary/aromatic N) is 1. The van der Waals surface area contributed by atoms with Crippen LogP contribution in [0.2, 0.25) is 0 Å². The number of hydrogen-bond acceptors (Lipinski definition) is 4. The lowest BCUT2D eigenvalue weighted by Crippen LogP contribution is -2.31. The summed E-state index contributed by atoms with van der Waals surface area (Å²) >= 11 is 0. The molecule has 32 heavy (non-hydrogen) atoms. The van der Waals surface area contributed by atoms with E-state index in [0.717, 1.165) is 22.4 Å². The van der Waals surface area contributed by atoms with Gasteiger partial charge in [0.1, 0.15) is 0 Å². The van der Waals surface area contributed by atoms with Gasteiger partial charge in [0.15, 0.2) is 0 Å². The van der Waals surface area contributed by atoms with Gasteiger partial charge in [0, 0.05) is 36.8 Å². The molecule has 0 aliphatic carbocycles. The van der Waals surface area contributed by atoms with Crippen molar-refractivity contribution in [3.63, 3.8) is 0 Å². The SMILES string of the molecule is CCN(CC)S(=O)(=O)c1cc(C)c(C)c(NC(=O)CCC2Cc3ccccc3NC2=O)c1. The zero-order chi connectivity index (χ0) is 23.5. The average molecular weight is 458 g/mol. The number of carbonyl (C=O) groups excluding carboxylic acids is 2. The van der Waals surface area contributed by atoms with E-state index in [1.54, 1.807) is 19.9 Å². The lowest BCUT2D eigenvalue weighted by Gasteiger charge is -2.24. The van der Waals surface area contributed by atoms with Crippen molar-refractivity contribution >= 4 is 33.2 Å². The van der Waals surface area contributed by atoms with Gasteiger partial charge in [-0.3, -0.25) is 9.59 Å². The molecule has 172 valence electrons. The first kappa shape index (κ1) is 23.9. The maximum absolute atomic E-state index is 12.9. The third-order valence-electron chi connectivity index (χ3n) is 6.09. The average Bonchev–Trinajstić information content (AvgIpc) is 2.75. The Kier molecular flexibility index (Phi) is 7.36. The predicted molar refractivity (Wildman–Crippen MR) is 126 cm³/mol. The number of anilines is 2. The van der Waals surface area contributed by atoms with Gasteiger partial charge < -0.3 is 10.6 Å². The molecular weight excluding hydrogens is 426 g/mol. The van der Waals surface area contributed by atoms with E-state index in [1.807, 2.05) is 38.1 Å². The van der Waals surface area contributed by atoms with Crippen molar-refractivity contribution in [2.45, 2.75) is 51.9 Å². The zero-order valence-electron chi connectivity index (χ0n) is 19.1. The fourth-order valence-corrected chi connectivity index (χ4v) is 5.55. The number of carbonyl (C=O) groups is 2. The molecule has 0 aromatic heterocycles. The largest absolute Gasteiger partial charge is 0.326 e. The fourth-order valence-electron chi connectivity index (χ4n) is 3.98. The van der Waals surface area contributed by atoms with Crippen LogP contribution < -0.4 is 10.6 Å². The highest BCUT2D eigenvalue weighted by atomic mass is 32.2. The van der Waals surface area contributed by atoms with Gasteiger partial charge in [-0.2, -0.15) is 4.31 Å². The van der Waals surface area contributed by atoms with Crippen molar-refractivity contribution in [3.05, 3.63) is 53.1 Å². The molecule has 2 aromatic rings. The van der Waals surface area contributed by atoms with Gasteiger partial charge in [-0.25, -0.2) is 8.42 Å². The highest BCUT2D eigenvalue weighted by Gasteiger charge is 2.27. The molecule has 8 heteroatoms. The Morgan fingerprint density at radius 2 is 1.84 bits per heavy atom. The van der Waals surface area contributed by atoms with E-state index in [4.69, 9.17) is 0 Å². The number of amides is 2. The summed E-state index contributed by atoms with van der Waals surface area (Å²) < 4.78 is 27.3. The van der Waals surface area contributed by atoms with Crippen LogP contribution in [-0.4, -0.2) is 37.6 Å². The normalized spacial score (nSPS) is 15.9. The summed E-state index contributed by atoms with van der Waals surface area (Å²) in [5.74, 6) is -0.583. The van der Waals surface area contributed by atoms with Crippen LogP contribution in [0.25, 0.3) is 0 Å². The minimum atomic E-state index is -3.63. The summed E-state index contributed by atoms with van der Waals surface area (Å²) in [4.78, 5) is 25.2. The van der Waals surface area contributed by atoms with Crippen LogP contribution in [0, 0.1) is 19.8 Å². The first-order valence-electron chi connectivity index (χ1n) is 11.0. The van der Waals surface area contributed by atoms with E-state index in [0.29, 0.717) is 31.6 Å². The minimum absolute atomic E-state index is 0.0733. The maximum atomic E-state index is 12.9. The molecule has 2 N–H and O–H groups in total. The van der Waals surface area contributed by atoms with Crippen LogP contribution in [-0.2, 0) is 26.0 Å². The highest BCUT2D eigenvalue weighted by Crippen LogP contribution is 2.29. The van der Waals surface area contributed by atoms with E-state index < -0.39 is 10.0 Å². The van der Waals surface area contributed by atoms with Crippen LogP contribution in [0.3, 0.4) is 0 Å². The molecule has 0 spiro atoms. The predicted octanol–water partition coefficient (Wildman–Crippen LogP) is 3.86. The molecule has 0 radical (unpaired) electrons. The molecule has 7 nitrogen and oxygen atoms in total. The lowest BCUT2D eigenvalue weighted by molar-refractivity contribution is -0.121. The molecule has 2 amide bonds. The smallest absolute Gasteiger partial charge is 0.243 e. The molecule has 0 saturated heterocycles. The highest BCUT2D eigenvalue weighted by molar-refractivity contribution is 7.89. The maximum Gasteiger partial charge on any atom is 0.243 e.